The monoisotopic (exact) mass is 239 g/mol. The molecule has 2 N–H and O–H groups in total. The summed E-state index contributed by atoms with van der Waals surface area (Å²) >= 11 is 6.27. The maximum Gasteiger partial charge on any atom is 0.0482 e. The van der Waals surface area contributed by atoms with E-state index in [0.29, 0.717) is 5.92 Å². The van der Waals surface area contributed by atoms with Gasteiger partial charge in [-0.3, -0.25) is 0 Å². The molecule has 0 fully saturated rings. The van der Waals surface area contributed by atoms with Gasteiger partial charge in [0.15, 0.2) is 0 Å². The Labute approximate surface area is 104 Å². The van der Waals surface area contributed by atoms with Crippen molar-refractivity contribution in [1.82, 2.24) is 0 Å². The molecule has 16 heavy (non-hydrogen) atoms. The first kappa shape index (κ1) is 13.5. The van der Waals surface area contributed by atoms with Crippen LogP contribution >= 0.6 is 11.6 Å². The molecule has 0 amide bonds. The summed E-state index contributed by atoms with van der Waals surface area (Å²) in [6.07, 6.45) is 3.46. The second-order valence-electron chi connectivity index (χ2n) is 4.71. The number of nitrogens with two attached hydrogens (primary N) is 1. The minimum Gasteiger partial charge on any atom is -0.324 e. The van der Waals surface area contributed by atoms with E-state index in [1.165, 1.54) is 12.8 Å². The molecule has 2 unspecified atom stereocenters. The third-order valence-electron chi connectivity index (χ3n) is 3.06. The standard InChI is InChI=1S/C14H22ClN/c1-4-6-10(2)9-13(16)12-8-5-7-11(3)14(12)15/h5,7-8,10,13H,4,6,9,16H2,1-3H3. The molecule has 0 saturated carbocycles. The molecule has 2 atom stereocenters. The molecular weight excluding hydrogens is 218 g/mol. The van der Waals surface area contributed by atoms with Crippen molar-refractivity contribution in [2.45, 2.75) is 46.1 Å². The number of hydrogen-bond donors (Lipinski definition) is 1. The number of benzene rings is 1. The summed E-state index contributed by atoms with van der Waals surface area (Å²) in [5.41, 5.74) is 8.41. The van der Waals surface area contributed by atoms with E-state index < -0.39 is 0 Å². The number of hydrogen-bond acceptors (Lipinski definition) is 1. The van der Waals surface area contributed by atoms with Crippen molar-refractivity contribution in [3.05, 3.63) is 34.3 Å². The minimum absolute atomic E-state index is 0.0638. The second kappa shape index (κ2) is 6.27. The summed E-state index contributed by atoms with van der Waals surface area (Å²) in [5.74, 6) is 0.663. The number of halogens is 1. The molecule has 2 heteroatoms. The van der Waals surface area contributed by atoms with E-state index in [0.717, 1.165) is 22.6 Å². The van der Waals surface area contributed by atoms with Gasteiger partial charge in [0, 0.05) is 11.1 Å². The third-order valence-corrected chi connectivity index (χ3v) is 3.58. The van der Waals surface area contributed by atoms with Gasteiger partial charge in [-0.25, -0.2) is 0 Å². The van der Waals surface area contributed by atoms with Gasteiger partial charge < -0.3 is 5.73 Å². The van der Waals surface area contributed by atoms with Gasteiger partial charge in [-0.1, -0.05) is 56.5 Å². The Morgan fingerprint density at radius 3 is 2.69 bits per heavy atom. The van der Waals surface area contributed by atoms with Gasteiger partial charge in [-0.15, -0.1) is 0 Å². The lowest BCUT2D eigenvalue weighted by molar-refractivity contribution is 0.440. The average Bonchev–Trinajstić information content (AvgIpc) is 2.22. The lowest BCUT2D eigenvalue weighted by Crippen LogP contribution is -2.14. The molecular formula is C14H22ClN. The highest BCUT2D eigenvalue weighted by atomic mass is 35.5. The van der Waals surface area contributed by atoms with Crippen molar-refractivity contribution in [2.24, 2.45) is 11.7 Å². The van der Waals surface area contributed by atoms with E-state index in [1.54, 1.807) is 0 Å². The van der Waals surface area contributed by atoms with Gasteiger partial charge in [-0.05, 0) is 30.4 Å². The summed E-state index contributed by atoms with van der Waals surface area (Å²) < 4.78 is 0. The molecule has 0 aliphatic rings. The Balaban J connectivity index is 2.72. The van der Waals surface area contributed by atoms with E-state index in [4.69, 9.17) is 17.3 Å². The Morgan fingerprint density at radius 2 is 2.06 bits per heavy atom. The maximum atomic E-state index is 6.27. The quantitative estimate of drug-likeness (QED) is 0.806. The summed E-state index contributed by atoms with van der Waals surface area (Å²) in [6, 6.07) is 6.15. The smallest absolute Gasteiger partial charge is 0.0482 e. The molecule has 0 aliphatic carbocycles. The molecule has 0 spiro atoms. The van der Waals surface area contributed by atoms with Crippen LogP contribution in [0.4, 0.5) is 0 Å². The maximum absolute atomic E-state index is 6.27. The van der Waals surface area contributed by atoms with Crippen LogP contribution in [-0.4, -0.2) is 0 Å². The molecule has 0 aromatic heterocycles. The number of rotatable bonds is 5. The normalized spacial score (nSPS) is 14.8. The predicted octanol–water partition coefficient (Wildman–Crippen LogP) is 4.47. The molecule has 90 valence electrons. The van der Waals surface area contributed by atoms with Crippen molar-refractivity contribution in [3.63, 3.8) is 0 Å². The first-order valence-electron chi connectivity index (χ1n) is 6.06. The Morgan fingerprint density at radius 1 is 1.38 bits per heavy atom. The van der Waals surface area contributed by atoms with Crippen LogP contribution < -0.4 is 5.73 Å². The zero-order chi connectivity index (χ0) is 12.1. The molecule has 0 radical (unpaired) electrons. The summed E-state index contributed by atoms with van der Waals surface area (Å²) in [4.78, 5) is 0. The fourth-order valence-corrected chi connectivity index (χ4v) is 2.39. The summed E-state index contributed by atoms with van der Waals surface area (Å²) in [5, 5.41) is 0.832. The number of aryl methyl sites for hydroxylation is 1. The lowest BCUT2D eigenvalue weighted by atomic mass is 9.93. The van der Waals surface area contributed by atoms with Gasteiger partial charge >= 0.3 is 0 Å². The van der Waals surface area contributed by atoms with Crippen molar-refractivity contribution >= 4 is 11.6 Å². The first-order chi connectivity index (χ1) is 7.56. The Kier molecular flexibility index (Phi) is 5.30. The van der Waals surface area contributed by atoms with Crippen LogP contribution in [0.5, 0.6) is 0 Å². The lowest BCUT2D eigenvalue weighted by Gasteiger charge is -2.19. The zero-order valence-electron chi connectivity index (χ0n) is 10.5. The van der Waals surface area contributed by atoms with E-state index in [2.05, 4.69) is 13.8 Å². The molecule has 0 aliphatic heterocycles. The SMILES string of the molecule is CCCC(C)CC(N)c1cccc(C)c1Cl. The highest BCUT2D eigenvalue weighted by Crippen LogP contribution is 2.29. The largest absolute Gasteiger partial charge is 0.324 e. The highest BCUT2D eigenvalue weighted by molar-refractivity contribution is 6.32. The fourth-order valence-electron chi connectivity index (χ4n) is 2.13. The third kappa shape index (κ3) is 3.50. The van der Waals surface area contributed by atoms with Gasteiger partial charge in [0.25, 0.3) is 0 Å². The Bertz CT molecular complexity index is 336. The van der Waals surface area contributed by atoms with Crippen molar-refractivity contribution in [1.29, 1.82) is 0 Å². The topological polar surface area (TPSA) is 26.0 Å². The molecule has 0 saturated heterocycles. The van der Waals surface area contributed by atoms with Gasteiger partial charge in [-0.2, -0.15) is 0 Å². The van der Waals surface area contributed by atoms with Crippen LogP contribution in [0.15, 0.2) is 18.2 Å². The van der Waals surface area contributed by atoms with Gasteiger partial charge in [0.2, 0.25) is 0 Å². The average molecular weight is 240 g/mol. The van der Waals surface area contributed by atoms with E-state index in [-0.39, 0.29) is 6.04 Å². The van der Waals surface area contributed by atoms with Crippen LogP contribution in [0.3, 0.4) is 0 Å². The van der Waals surface area contributed by atoms with Crippen molar-refractivity contribution in [3.8, 4) is 0 Å². The highest BCUT2D eigenvalue weighted by Gasteiger charge is 2.14. The van der Waals surface area contributed by atoms with Crippen LogP contribution in [0.2, 0.25) is 5.02 Å². The molecule has 0 heterocycles. The molecule has 1 nitrogen and oxygen atoms in total. The van der Waals surface area contributed by atoms with Crippen molar-refractivity contribution < 1.29 is 0 Å². The second-order valence-corrected chi connectivity index (χ2v) is 5.09. The van der Waals surface area contributed by atoms with Crippen LogP contribution in [0.25, 0.3) is 0 Å². The van der Waals surface area contributed by atoms with Crippen LogP contribution in [-0.2, 0) is 0 Å². The molecule has 1 rings (SSSR count). The van der Waals surface area contributed by atoms with Crippen molar-refractivity contribution in [2.75, 3.05) is 0 Å². The van der Waals surface area contributed by atoms with E-state index >= 15 is 0 Å². The molecule has 0 bridgehead atoms. The molecule has 1 aromatic carbocycles. The first-order valence-corrected chi connectivity index (χ1v) is 6.44. The minimum atomic E-state index is 0.0638. The van der Waals surface area contributed by atoms with E-state index in [1.807, 2.05) is 25.1 Å². The fraction of sp³-hybridized carbons (Fsp3) is 0.571. The van der Waals surface area contributed by atoms with Gasteiger partial charge in [0.05, 0.1) is 0 Å². The summed E-state index contributed by atoms with van der Waals surface area (Å²) in [6.45, 7) is 6.49. The van der Waals surface area contributed by atoms with Gasteiger partial charge in [0.1, 0.15) is 0 Å². The Hall–Kier alpha value is -0.530. The van der Waals surface area contributed by atoms with Crippen LogP contribution in [0.1, 0.15) is 50.3 Å². The van der Waals surface area contributed by atoms with Crippen LogP contribution in [0, 0.1) is 12.8 Å². The molecule has 1 aromatic rings. The summed E-state index contributed by atoms with van der Waals surface area (Å²) in [7, 11) is 0. The van der Waals surface area contributed by atoms with E-state index in [9.17, 15) is 0 Å². The predicted molar refractivity (Wildman–Crippen MR) is 71.8 cm³/mol. The zero-order valence-corrected chi connectivity index (χ0v) is 11.2.